The predicted octanol–water partition coefficient (Wildman–Crippen LogP) is 4.56. The summed E-state index contributed by atoms with van der Waals surface area (Å²) in [6.45, 7) is 6.52. The topological polar surface area (TPSA) is 52.6 Å². The van der Waals surface area contributed by atoms with E-state index in [-0.39, 0.29) is 11.8 Å². The van der Waals surface area contributed by atoms with Crippen LogP contribution in [0.2, 0.25) is 0 Å². The van der Waals surface area contributed by atoms with Gasteiger partial charge in [-0.15, -0.1) is 0 Å². The maximum Gasteiger partial charge on any atom is 0.417 e. The van der Waals surface area contributed by atoms with E-state index in [1.807, 2.05) is 0 Å². The number of esters is 1. The van der Waals surface area contributed by atoms with Crippen molar-refractivity contribution in [2.75, 3.05) is 0 Å². The van der Waals surface area contributed by atoms with Gasteiger partial charge in [-0.25, -0.2) is 13.6 Å². The second kappa shape index (κ2) is 7.09. The summed E-state index contributed by atoms with van der Waals surface area (Å²) in [6, 6.07) is 1.69. The van der Waals surface area contributed by atoms with Crippen molar-refractivity contribution in [1.29, 1.82) is 0 Å². The van der Waals surface area contributed by atoms with Crippen molar-refractivity contribution in [2.24, 2.45) is 5.92 Å². The molecule has 0 aliphatic carbocycles. The van der Waals surface area contributed by atoms with Crippen molar-refractivity contribution in [3.63, 3.8) is 0 Å². The Balaban J connectivity index is 2.65. The number of hydrogen-bond acceptors (Lipinski definition) is 4. The average Bonchev–Trinajstić information content (AvgIpc) is 2.81. The Morgan fingerprint density at radius 2 is 1.79 bits per heavy atom. The van der Waals surface area contributed by atoms with Crippen LogP contribution in [-0.4, -0.2) is 35.7 Å². The Labute approximate surface area is 159 Å². The largest absolute Gasteiger partial charge is 0.458 e. The van der Waals surface area contributed by atoms with E-state index in [1.165, 1.54) is 27.7 Å². The third-order valence-corrected chi connectivity index (χ3v) is 4.95. The molecule has 0 N–H and O–H groups in total. The van der Waals surface area contributed by atoms with Gasteiger partial charge >= 0.3 is 12.1 Å². The lowest BCUT2D eigenvalue weighted by molar-refractivity contribution is -0.274. The van der Waals surface area contributed by atoms with Crippen LogP contribution in [0.15, 0.2) is 12.1 Å². The molecule has 1 aromatic carbocycles. The van der Waals surface area contributed by atoms with Gasteiger partial charge in [0, 0.05) is 11.8 Å². The fourth-order valence-corrected chi connectivity index (χ4v) is 3.35. The van der Waals surface area contributed by atoms with Gasteiger partial charge in [-0.05, 0) is 39.3 Å². The van der Waals surface area contributed by atoms with Gasteiger partial charge in [0.05, 0.1) is 5.56 Å². The molecule has 2 rings (SSSR count). The highest BCUT2D eigenvalue weighted by atomic mass is 19.4. The highest BCUT2D eigenvalue weighted by Gasteiger charge is 2.66. The van der Waals surface area contributed by atoms with Crippen LogP contribution in [0.4, 0.5) is 22.0 Å². The van der Waals surface area contributed by atoms with E-state index < -0.39 is 58.5 Å². The molecule has 1 aliphatic heterocycles. The van der Waals surface area contributed by atoms with Crippen LogP contribution in [0.25, 0.3) is 0 Å². The first-order valence-electron chi connectivity index (χ1n) is 8.54. The SMILES string of the molecule is CC1C(c2ccc(F)c(F)c2C=O)[C@H](C(=O)OC(C)(C)C)OC1(C)C(F)(F)F. The highest BCUT2D eigenvalue weighted by molar-refractivity contribution is 5.81. The van der Waals surface area contributed by atoms with Crippen molar-refractivity contribution in [1.82, 2.24) is 0 Å². The normalized spacial score (nSPS) is 28.3. The van der Waals surface area contributed by atoms with E-state index in [1.54, 1.807) is 0 Å². The molecule has 1 fully saturated rings. The number of rotatable bonds is 3. The minimum absolute atomic E-state index is 0.00979. The zero-order valence-electron chi connectivity index (χ0n) is 16.0. The lowest BCUT2D eigenvalue weighted by Gasteiger charge is -2.31. The van der Waals surface area contributed by atoms with E-state index in [0.717, 1.165) is 13.0 Å². The van der Waals surface area contributed by atoms with E-state index in [9.17, 15) is 31.5 Å². The van der Waals surface area contributed by atoms with Crippen molar-refractivity contribution < 1.29 is 41.0 Å². The average molecular weight is 408 g/mol. The molecule has 1 heterocycles. The fraction of sp³-hybridized carbons (Fsp3) is 0.579. The predicted molar refractivity (Wildman–Crippen MR) is 88.8 cm³/mol. The Morgan fingerprint density at radius 1 is 1.21 bits per heavy atom. The van der Waals surface area contributed by atoms with Gasteiger partial charge in [0.15, 0.2) is 29.6 Å². The van der Waals surface area contributed by atoms with Gasteiger partial charge < -0.3 is 9.47 Å². The number of aldehydes is 1. The Bertz CT molecular complexity index is 784. The molecule has 1 saturated heterocycles. The van der Waals surface area contributed by atoms with Gasteiger partial charge in [0.1, 0.15) is 5.60 Å². The zero-order chi connectivity index (χ0) is 21.7. The molecule has 0 radical (unpaired) electrons. The molecule has 4 nitrogen and oxygen atoms in total. The van der Waals surface area contributed by atoms with Crippen molar-refractivity contribution >= 4 is 12.3 Å². The Hall–Kier alpha value is -2.03. The van der Waals surface area contributed by atoms with Crippen LogP contribution in [0.1, 0.15) is 56.5 Å². The molecule has 0 aromatic heterocycles. The van der Waals surface area contributed by atoms with Crippen LogP contribution in [0, 0.1) is 17.6 Å². The number of carbonyl (C=O) groups is 2. The molecule has 4 atom stereocenters. The second-order valence-corrected chi connectivity index (χ2v) is 7.97. The summed E-state index contributed by atoms with van der Waals surface area (Å²) in [5, 5.41) is 0. The number of alkyl halides is 3. The number of ether oxygens (including phenoxy) is 2. The maximum atomic E-state index is 14.1. The molecule has 3 unspecified atom stereocenters. The van der Waals surface area contributed by atoms with E-state index in [2.05, 4.69) is 0 Å². The zero-order valence-corrected chi connectivity index (χ0v) is 16.0. The fourth-order valence-electron chi connectivity index (χ4n) is 3.35. The van der Waals surface area contributed by atoms with Gasteiger partial charge in [-0.3, -0.25) is 4.79 Å². The summed E-state index contributed by atoms with van der Waals surface area (Å²) in [7, 11) is 0. The molecule has 0 saturated carbocycles. The quantitative estimate of drug-likeness (QED) is 0.418. The van der Waals surface area contributed by atoms with Crippen molar-refractivity contribution in [3.05, 3.63) is 34.9 Å². The molecule has 156 valence electrons. The monoisotopic (exact) mass is 408 g/mol. The lowest BCUT2D eigenvalue weighted by atomic mass is 9.76. The summed E-state index contributed by atoms with van der Waals surface area (Å²) in [5.41, 5.74) is -4.78. The number of halogens is 5. The Morgan fingerprint density at radius 3 is 2.25 bits per heavy atom. The van der Waals surface area contributed by atoms with Gasteiger partial charge in [-0.2, -0.15) is 13.2 Å². The van der Waals surface area contributed by atoms with E-state index >= 15 is 0 Å². The van der Waals surface area contributed by atoms with Crippen LogP contribution in [0.3, 0.4) is 0 Å². The number of benzene rings is 1. The van der Waals surface area contributed by atoms with Crippen molar-refractivity contribution in [2.45, 2.75) is 64.0 Å². The first-order chi connectivity index (χ1) is 12.6. The molecule has 1 aliphatic rings. The third-order valence-electron chi connectivity index (χ3n) is 4.95. The van der Waals surface area contributed by atoms with Gasteiger partial charge in [0.25, 0.3) is 0 Å². The van der Waals surface area contributed by atoms with Gasteiger partial charge in [0.2, 0.25) is 0 Å². The number of carbonyl (C=O) groups excluding carboxylic acids is 2. The molecular formula is C19H21F5O4. The smallest absolute Gasteiger partial charge is 0.417 e. The summed E-state index contributed by atoms with van der Waals surface area (Å²) in [5.74, 6) is -6.68. The van der Waals surface area contributed by atoms with Crippen LogP contribution < -0.4 is 0 Å². The molecule has 28 heavy (non-hydrogen) atoms. The summed E-state index contributed by atoms with van der Waals surface area (Å²) < 4.78 is 79.0. The maximum absolute atomic E-state index is 14.1. The first kappa shape index (κ1) is 22.3. The van der Waals surface area contributed by atoms with Gasteiger partial charge in [-0.1, -0.05) is 13.0 Å². The van der Waals surface area contributed by atoms with Crippen LogP contribution in [-0.2, 0) is 14.3 Å². The summed E-state index contributed by atoms with van der Waals surface area (Å²) >= 11 is 0. The first-order valence-corrected chi connectivity index (χ1v) is 8.54. The minimum Gasteiger partial charge on any atom is -0.458 e. The van der Waals surface area contributed by atoms with E-state index in [0.29, 0.717) is 6.07 Å². The standard InChI is InChI=1S/C19H21F5O4/c1-9-13(10-6-7-12(20)14(21)11(10)8-25)15(16(26)28-17(2,3)4)27-18(9,5)19(22,23)24/h6-9,13,15H,1-5H3/t9?,13?,15-,18?/m1/s1. The second-order valence-electron chi connectivity index (χ2n) is 7.97. The summed E-state index contributed by atoms with van der Waals surface area (Å²) in [4.78, 5) is 23.9. The van der Waals surface area contributed by atoms with E-state index in [4.69, 9.17) is 9.47 Å². The molecule has 0 bridgehead atoms. The Kier molecular flexibility index (Phi) is 5.64. The molecule has 9 heteroatoms. The van der Waals surface area contributed by atoms with Crippen LogP contribution >= 0.6 is 0 Å². The minimum atomic E-state index is -4.86. The number of hydrogen-bond donors (Lipinski definition) is 0. The molecule has 0 amide bonds. The van der Waals surface area contributed by atoms with Crippen molar-refractivity contribution in [3.8, 4) is 0 Å². The lowest BCUT2D eigenvalue weighted by Crippen LogP contribution is -2.47. The van der Waals surface area contributed by atoms with Crippen LogP contribution in [0.5, 0.6) is 0 Å². The molecule has 0 spiro atoms. The molecule has 1 aromatic rings. The summed E-state index contributed by atoms with van der Waals surface area (Å²) in [6.07, 6.45) is -6.61. The molecular weight excluding hydrogens is 387 g/mol. The highest BCUT2D eigenvalue weighted by Crippen LogP contribution is 2.54. The third kappa shape index (κ3) is 3.76.